The normalized spacial score (nSPS) is 10.1. The molecule has 0 fully saturated rings. The van der Waals surface area contributed by atoms with Crippen molar-refractivity contribution in [1.29, 1.82) is 0 Å². The van der Waals surface area contributed by atoms with Crippen LogP contribution in [0.4, 0.5) is 5.69 Å². The maximum Gasteiger partial charge on any atom is 0.226 e. The molecule has 0 aliphatic heterocycles. The van der Waals surface area contributed by atoms with Crippen molar-refractivity contribution in [2.75, 3.05) is 11.9 Å². The van der Waals surface area contributed by atoms with Gasteiger partial charge in [-0.2, -0.15) is 0 Å². The van der Waals surface area contributed by atoms with Gasteiger partial charge < -0.3 is 10.6 Å². The second kappa shape index (κ2) is 8.40. The molecule has 24 heavy (non-hydrogen) atoms. The number of carbonyl (C=O) groups excluding carboxylic acids is 3. The fraction of sp³-hybridized carbons (Fsp3) is 0.167. The highest BCUT2D eigenvalue weighted by Gasteiger charge is 2.15. The van der Waals surface area contributed by atoms with Crippen LogP contribution in [0.1, 0.15) is 29.3 Å². The van der Waals surface area contributed by atoms with Gasteiger partial charge in [-0.15, -0.1) is 0 Å². The lowest BCUT2D eigenvalue weighted by molar-refractivity contribution is -0.119. The molecular formula is C18H17BrN2O3. The molecule has 2 amide bonds. The fourth-order valence-electron chi connectivity index (χ4n) is 2.12. The number of hydrogen-bond donors (Lipinski definition) is 2. The molecule has 0 saturated carbocycles. The van der Waals surface area contributed by atoms with Crippen molar-refractivity contribution in [1.82, 2.24) is 5.32 Å². The number of carbonyl (C=O) groups is 3. The third-order valence-electron chi connectivity index (χ3n) is 3.26. The largest absolute Gasteiger partial charge is 0.356 e. The third kappa shape index (κ3) is 5.03. The van der Waals surface area contributed by atoms with Crippen molar-refractivity contribution in [3.63, 3.8) is 0 Å². The molecule has 5 nitrogen and oxygen atoms in total. The van der Waals surface area contributed by atoms with Gasteiger partial charge in [0.25, 0.3) is 0 Å². The van der Waals surface area contributed by atoms with E-state index in [9.17, 15) is 14.4 Å². The van der Waals surface area contributed by atoms with E-state index >= 15 is 0 Å². The average molecular weight is 389 g/mol. The molecule has 0 unspecified atom stereocenters. The molecule has 6 heteroatoms. The number of rotatable bonds is 6. The third-order valence-corrected chi connectivity index (χ3v) is 3.76. The highest BCUT2D eigenvalue weighted by Crippen LogP contribution is 2.24. The summed E-state index contributed by atoms with van der Waals surface area (Å²) in [5.74, 6) is -0.631. The van der Waals surface area contributed by atoms with Crippen molar-refractivity contribution >= 4 is 39.2 Å². The number of amides is 2. The summed E-state index contributed by atoms with van der Waals surface area (Å²) >= 11 is 3.35. The Balaban J connectivity index is 2.17. The highest BCUT2D eigenvalue weighted by molar-refractivity contribution is 9.10. The minimum atomic E-state index is -0.270. The Morgan fingerprint density at radius 3 is 2.42 bits per heavy atom. The molecule has 0 heterocycles. The van der Waals surface area contributed by atoms with E-state index in [-0.39, 0.29) is 30.6 Å². The van der Waals surface area contributed by atoms with Crippen LogP contribution >= 0.6 is 15.9 Å². The van der Waals surface area contributed by atoms with E-state index in [1.807, 2.05) is 6.07 Å². The molecule has 2 rings (SSSR count). The Bertz CT molecular complexity index is 760. The van der Waals surface area contributed by atoms with Gasteiger partial charge in [-0.3, -0.25) is 14.4 Å². The maximum atomic E-state index is 12.7. The lowest BCUT2D eigenvalue weighted by Crippen LogP contribution is -2.25. The molecule has 124 valence electrons. The number of benzene rings is 2. The van der Waals surface area contributed by atoms with Gasteiger partial charge in [-0.25, -0.2) is 0 Å². The Hall–Kier alpha value is -2.47. The van der Waals surface area contributed by atoms with Crippen molar-refractivity contribution in [3.8, 4) is 0 Å². The predicted molar refractivity (Wildman–Crippen MR) is 95.9 cm³/mol. The first-order chi connectivity index (χ1) is 11.5. The van der Waals surface area contributed by atoms with E-state index in [0.717, 1.165) is 4.47 Å². The first kappa shape index (κ1) is 17.9. The summed E-state index contributed by atoms with van der Waals surface area (Å²) in [6.07, 6.45) is 0.134. The monoisotopic (exact) mass is 388 g/mol. The maximum absolute atomic E-state index is 12.7. The Labute approximate surface area is 148 Å². The van der Waals surface area contributed by atoms with E-state index in [0.29, 0.717) is 16.8 Å². The number of halogens is 1. The molecule has 0 aliphatic carbocycles. The van der Waals surface area contributed by atoms with Crippen LogP contribution in [0.3, 0.4) is 0 Å². The quantitative estimate of drug-likeness (QED) is 0.746. The van der Waals surface area contributed by atoms with Crippen LogP contribution in [0, 0.1) is 0 Å². The van der Waals surface area contributed by atoms with Crippen LogP contribution in [-0.2, 0) is 9.59 Å². The first-order valence-electron chi connectivity index (χ1n) is 7.41. The van der Waals surface area contributed by atoms with Crippen LogP contribution in [-0.4, -0.2) is 24.1 Å². The van der Waals surface area contributed by atoms with E-state index in [1.54, 1.807) is 42.5 Å². The Morgan fingerprint density at radius 1 is 1.04 bits per heavy atom. The smallest absolute Gasteiger partial charge is 0.226 e. The molecular weight excluding hydrogens is 372 g/mol. The zero-order chi connectivity index (χ0) is 17.5. The standard InChI is InChI=1S/C18H17BrN2O3/c1-12(22)20-10-9-17(23)21-16-8-7-14(19)11-15(16)18(24)13-5-3-2-4-6-13/h2-8,11H,9-10H2,1H3,(H,20,22)(H,21,23). The van der Waals surface area contributed by atoms with Crippen molar-refractivity contribution < 1.29 is 14.4 Å². The Kier molecular flexibility index (Phi) is 6.26. The number of ketones is 1. The number of hydrogen-bond acceptors (Lipinski definition) is 3. The topological polar surface area (TPSA) is 75.3 Å². The van der Waals surface area contributed by atoms with Gasteiger partial charge in [0.1, 0.15) is 0 Å². The van der Waals surface area contributed by atoms with Crippen molar-refractivity contribution in [3.05, 3.63) is 64.1 Å². The van der Waals surface area contributed by atoms with Gasteiger partial charge in [0.2, 0.25) is 11.8 Å². The lowest BCUT2D eigenvalue weighted by Gasteiger charge is -2.11. The summed E-state index contributed by atoms with van der Waals surface area (Å²) in [5.41, 5.74) is 1.40. The summed E-state index contributed by atoms with van der Waals surface area (Å²) in [4.78, 5) is 35.5. The molecule has 0 bridgehead atoms. The van der Waals surface area contributed by atoms with E-state index in [2.05, 4.69) is 26.6 Å². The SMILES string of the molecule is CC(=O)NCCC(=O)Nc1ccc(Br)cc1C(=O)c1ccccc1. The summed E-state index contributed by atoms with van der Waals surface area (Å²) in [5, 5.41) is 5.29. The highest BCUT2D eigenvalue weighted by atomic mass is 79.9. The molecule has 0 saturated heterocycles. The first-order valence-corrected chi connectivity index (χ1v) is 8.20. The minimum absolute atomic E-state index is 0.134. The molecule has 2 aromatic carbocycles. The molecule has 2 N–H and O–H groups in total. The van der Waals surface area contributed by atoms with Crippen LogP contribution in [0.25, 0.3) is 0 Å². The van der Waals surface area contributed by atoms with Crippen LogP contribution < -0.4 is 10.6 Å². The summed E-state index contributed by atoms with van der Waals surface area (Å²) in [6, 6.07) is 14.0. The summed E-state index contributed by atoms with van der Waals surface area (Å²) in [7, 11) is 0. The number of nitrogens with one attached hydrogen (secondary N) is 2. The van der Waals surface area contributed by atoms with Gasteiger partial charge in [-0.1, -0.05) is 46.3 Å². The summed E-state index contributed by atoms with van der Waals surface area (Å²) < 4.78 is 0.748. The number of anilines is 1. The van der Waals surface area contributed by atoms with Gasteiger partial charge in [-0.05, 0) is 18.2 Å². The molecule has 0 aromatic heterocycles. The van der Waals surface area contributed by atoms with Crippen molar-refractivity contribution in [2.45, 2.75) is 13.3 Å². The summed E-state index contributed by atoms with van der Waals surface area (Å²) in [6.45, 7) is 1.64. The van der Waals surface area contributed by atoms with E-state index in [1.165, 1.54) is 6.92 Å². The van der Waals surface area contributed by atoms with Crippen LogP contribution in [0.5, 0.6) is 0 Å². The minimum Gasteiger partial charge on any atom is -0.356 e. The van der Waals surface area contributed by atoms with Gasteiger partial charge in [0.15, 0.2) is 5.78 Å². The van der Waals surface area contributed by atoms with Gasteiger partial charge in [0, 0.05) is 35.5 Å². The Morgan fingerprint density at radius 2 is 1.75 bits per heavy atom. The average Bonchev–Trinajstić information content (AvgIpc) is 2.56. The molecule has 0 aliphatic rings. The second-order valence-corrected chi connectivity index (χ2v) is 6.08. The molecule has 2 aromatic rings. The van der Waals surface area contributed by atoms with Crippen LogP contribution in [0.15, 0.2) is 53.0 Å². The van der Waals surface area contributed by atoms with Gasteiger partial charge in [0.05, 0.1) is 5.69 Å². The second-order valence-electron chi connectivity index (χ2n) is 5.17. The molecule has 0 radical (unpaired) electrons. The zero-order valence-corrected chi connectivity index (χ0v) is 14.7. The predicted octanol–water partition coefficient (Wildman–Crippen LogP) is 3.14. The lowest BCUT2D eigenvalue weighted by atomic mass is 10.0. The molecule has 0 spiro atoms. The van der Waals surface area contributed by atoms with E-state index < -0.39 is 0 Å². The van der Waals surface area contributed by atoms with Crippen molar-refractivity contribution in [2.24, 2.45) is 0 Å². The van der Waals surface area contributed by atoms with E-state index in [4.69, 9.17) is 0 Å². The fourth-order valence-corrected chi connectivity index (χ4v) is 2.48. The molecule has 0 atom stereocenters. The van der Waals surface area contributed by atoms with Crippen LogP contribution in [0.2, 0.25) is 0 Å². The van der Waals surface area contributed by atoms with Gasteiger partial charge >= 0.3 is 0 Å². The zero-order valence-electron chi connectivity index (χ0n) is 13.1.